The van der Waals surface area contributed by atoms with Crippen molar-refractivity contribution in [3.8, 4) is 6.07 Å². The molecule has 0 aliphatic heterocycles. The lowest BCUT2D eigenvalue weighted by atomic mass is 9.87. The standard InChI is InChI=1S/C9H15NO/c1-4-5-6-8(11)9(2,3)7-10/h4-6H2,1-3H3. The van der Waals surface area contributed by atoms with Crippen LogP contribution in [-0.4, -0.2) is 5.78 Å². The molecule has 0 rings (SSSR count). The van der Waals surface area contributed by atoms with Crippen molar-refractivity contribution in [3.63, 3.8) is 0 Å². The van der Waals surface area contributed by atoms with Gasteiger partial charge in [0, 0.05) is 6.42 Å². The van der Waals surface area contributed by atoms with Crippen molar-refractivity contribution in [3.05, 3.63) is 0 Å². The zero-order chi connectivity index (χ0) is 8.91. The number of rotatable bonds is 4. The van der Waals surface area contributed by atoms with E-state index in [4.69, 9.17) is 5.26 Å². The van der Waals surface area contributed by atoms with Gasteiger partial charge in [0.2, 0.25) is 0 Å². The molecule has 0 spiro atoms. The van der Waals surface area contributed by atoms with Crippen LogP contribution >= 0.6 is 0 Å². The van der Waals surface area contributed by atoms with Gasteiger partial charge in [-0.05, 0) is 20.3 Å². The summed E-state index contributed by atoms with van der Waals surface area (Å²) in [6.45, 7) is 5.38. The van der Waals surface area contributed by atoms with E-state index in [1.807, 2.05) is 13.0 Å². The molecule has 0 N–H and O–H groups in total. The van der Waals surface area contributed by atoms with Crippen molar-refractivity contribution in [2.75, 3.05) is 0 Å². The van der Waals surface area contributed by atoms with Crippen molar-refractivity contribution in [1.82, 2.24) is 0 Å². The zero-order valence-corrected chi connectivity index (χ0v) is 7.48. The molecule has 0 saturated heterocycles. The molecule has 0 aliphatic rings. The van der Waals surface area contributed by atoms with E-state index in [0.717, 1.165) is 12.8 Å². The van der Waals surface area contributed by atoms with Crippen molar-refractivity contribution in [1.29, 1.82) is 5.26 Å². The number of nitrogens with zero attached hydrogens (tertiary/aromatic N) is 1. The first kappa shape index (κ1) is 10.2. The second-order valence-electron chi connectivity index (χ2n) is 3.26. The highest BCUT2D eigenvalue weighted by Crippen LogP contribution is 2.17. The normalized spacial score (nSPS) is 10.7. The van der Waals surface area contributed by atoms with Gasteiger partial charge in [-0.15, -0.1) is 0 Å². The fourth-order valence-electron chi connectivity index (χ4n) is 0.712. The molecular formula is C9H15NO. The van der Waals surface area contributed by atoms with Gasteiger partial charge in [0.15, 0.2) is 5.78 Å². The van der Waals surface area contributed by atoms with Gasteiger partial charge >= 0.3 is 0 Å². The number of unbranched alkanes of at least 4 members (excludes halogenated alkanes) is 1. The lowest BCUT2D eigenvalue weighted by molar-refractivity contribution is -0.124. The molecule has 0 atom stereocenters. The smallest absolute Gasteiger partial charge is 0.152 e. The van der Waals surface area contributed by atoms with Crippen molar-refractivity contribution < 1.29 is 4.79 Å². The minimum atomic E-state index is -0.783. The fourth-order valence-corrected chi connectivity index (χ4v) is 0.712. The van der Waals surface area contributed by atoms with E-state index >= 15 is 0 Å². The van der Waals surface area contributed by atoms with Gasteiger partial charge in [0.25, 0.3) is 0 Å². The van der Waals surface area contributed by atoms with Crippen LogP contribution in [0, 0.1) is 16.7 Å². The molecule has 0 fully saturated rings. The van der Waals surface area contributed by atoms with Crippen LogP contribution in [0.2, 0.25) is 0 Å². The zero-order valence-electron chi connectivity index (χ0n) is 7.48. The number of Topliss-reactive ketones (excluding diaryl/α,β-unsaturated/α-hetero) is 1. The summed E-state index contributed by atoms with van der Waals surface area (Å²) < 4.78 is 0. The molecule has 0 aromatic heterocycles. The average molecular weight is 153 g/mol. The highest BCUT2D eigenvalue weighted by molar-refractivity contribution is 5.86. The highest BCUT2D eigenvalue weighted by atomic mass is 16.1. The third-order valence-electron chi connectivity index (χ3n) is 1.73. The maximum atomic E-state index is 11.2. The second-order valence-corrected chi connectivity index (χ2v) is 3.26. The third kappa shape index (κ3) is 3.18. The molecule has 0 unspecified atom stereocenters. The van der Waals surface area contributed by atoms with E-state index in [0.29, 0.717) is 6.42 Å². The summed E-state index contributed by atoms with van der Waals surface area (Å²) in [4.78, 5) is 11.2. The first-order chi connectivity index (χ1) is 5.04. The Hall–Kier alpha value is -0.840. The van der Waals surface area contributed by atoms with Crippen LogP contribution in [-0.2, 0) is 4.79 Å². The monoisotopic (exact) mass is 153 g/mol. The quantitative estimate of drug-likeness (QED) is 0.621. The van der Waals surface area contributed by atoms with E-state index in [-0.39, 0.29) is 5.78 Å². The minimum Gasteiger partial charge on any atom is -0.298 e. The topological polar surface area (TPSA) is 40.9 Å². The van der Waals surface area contributed by atoms with Crippen molar-refractivity contribution >= 4 is 5.78 Å². The number of hydrogen-bond acceptors (Lipinski definition) is 2. The summed E-state index contributed by atoms with van der Waals surface area (Å²) >= 11 is 0. The molecule has 0 amide bonds. The van der Waals surface area contributed by atoms with Crippen molar-refractivity contribution in [2.45, 2.75) is 40.0 Å². The van der Waals surface area contributed by atoms with Gasteiger partial charge in [-0.25, -0.2) is 0 Å². The van der Waals surface area contributed by atoms with E-state index in [1.165, 1.54) is 0 Å². The molecule has 0 bridgehead atoms. The van der Waals surface area contributed by atoms with Crippen LogP contribution in [0.15, 0.2) is 0 Å². The first-order valence-corrected chi connectivity index (χ1v) is 3.99. The van der Waals surface area contributed by atoms with Crippen LogP contribution in [0.5, 0.6) is 0 Å². The summed E-state index contributed by atoms with van der Waals surface area (Å²) in [5.41, 5.74) is -0.783. The van der Waals surface area contributed by atoms with Gasteiger partial charge < -0.3 is 0 Å². The average Bonchev–Trinajstić information content (AvgIpc) is 2.00. The van der Waals surface area contributed by atoms with Crippen LogP contribution in [0.3, 0.4) is 0 Å². The van der Waals surface area contributed by atoms with Crippen LogP contribution in [0.4, 0.5) is 0 Å². The Morgan fingerprint density at radius 2 is 2.09 bits per heavy atom. The SMILES string of the molecule is CCCCC(=O)C(C)(C)C#N. The molecule has 2 nitrogen and oxygen atoms in total. The Bertz CT molecular complexity index is 176. The number of carbonyl (C=O) groups excluding carboxylic acids is 1. The van der Waals surface area contributed by atoms with Gasteiger partial charge in [0.05, 0.1) is 6.07 Å². The van der Waals surface area contributed by atoms with Gasteiger partial charge in [0.1, 0.15) is 5.41 Å². The molecule has 0 aliphatic carbocycles. The summed E-state index contributed by atoms with van der Waals surface area (Å²) in [6.07, 6.45) is 2.44. The molecule has 0 aromatic carbocycles. The number of carbonyl (C=O) groups is 1. The maximum Gasteiger partial charge on any atom is 0.152 e. The lowest BCUT2D eigenvalue weighted by Gasteiger charge is -2.12. The van der Waals surface area contributed by atoms with E-state index in [1.54, 1.807) is 13.8 Å². The van der Waals surface area contributed by atoms with Gasteiger partial charge in [-0.1, -0.05) is 13.3 Å². The Morgan fingerprint density at radius 1 is 1.55 bits per heavy atom. The summed E-state index contributed by atoms with van der Waals surface area (Å²) in [7, 11) is 0. The molecule has 2 heteroatoms. The molecule has 62 valence electrons. The minimum absolute atomic E-state index is 0.0573. The second kappa shape index (κ2) is 4.12. The fraction of sp³-hybridized carbons (Fsp3) is 0.778. The van der Waals surface area contributed by atoms with Crippen molar-refractivity contribution in [2.24, 2.45) is 5.41 Å². The van der Waals surface area contributed by atoms with E-state index in [2.05, 4.69) is 0 Å². The van der Waals surface area contributed by atoms with Crippen LogP contribution in [0.1, 0.15) is 40.0 Å². The maximum absolute atomic E-state index is 11.2. The van der Waals surface area contributed by atoms with Crippen LogP contribution < -0.4 is 0 Å². The third-order valence-corrected chi connectivity index (χ3v) is 1.73. The Labute approximate surface area is 68.2 Å². The molecule has 0 saturated carbocycles. The van der Waals surface area contributed by atoms with E-state index in [9.17, 15) is 4.79 Å². The van der Waals surface area contributed by atoms with Crippen LogP contribution in [0.25, 0.3) is 0 Å². The molecule has 11 heavy (non-hydrogen) atoms. The molecule has 0 heterocycles. The molecular weight excluding hydrogens is 138 g/mol. The predicted molar refractivity (Wildman–Crippen MR) is 43.9 cm³/mol. The van der Waals surface area contributed by atoms with Gasteiger partial charge in [-0.2, -0.15) is 5.26 Å². The van der Waals surface area contributed by atoms with E-state index < -0.39 is 5.41 Å². The highest BCUT2D eigenvalue weighted by Gasteiger charge is 2.25. The molecule has 0 aromatic rings. The summed E-state index contributed by atoms with van der Waals surface area (Å²) in [5.74, 6) is 0.0573. The lowest BCUT2D eigenvalue weighted by Crippen LogP contribution is -2.21. The number of ketones is 1. The summed E-state index contributed by atoms with van der Waals surface area (Å²) in [5, 5.41) is 8.59. The first-order valence-electron chi connectivity index (χ1n) is 3.99. The molecule has 0 radical (unpaired) electrons. The predicted octanol–water partition coefficient (Wildman–Crippen LogP) is 2.30. The number of hydrogen-bond donors (Lipinski definition) is 0. The number of nitriles is 1. The summed E-state index contributed by atoms with van der Waals surface area (Å²) in [6, 6.07) is 2.00. The Kier molecular flexibility index (Phi) is 3.81. The van der Waals surface area contributed by atoms with Gasteiger partial charge in [-0.3, -0.25) is 4.79 Å². The Morgan fingerprint density at radius 3 is 2.45 bits per heavy atom. The largest absolute Gasteiger partial charge is 0.298 e. The Balaban J connectivity index is 3.95.